The van der Waals surface area contributed by atoms with Crippen LogP contribution in [-0.2, 0) is 4.74 Å². The highest BCUT2D eigenvalue weighted by atomic mass is 16.5. The van der Waals surface area contributed by atoms with Gasteiger partial charge in [0, 0.05) is 18.6 Å². The van der Waals surface area contributed by atoms with E-state index in [4.69, 9.17) is 9.15 Å². The zero-order valence-corrected chi connectivity index (χ0v) is 17.1. The molecule has 5 rings (SSSR count). The van der Waals surface area contributed by atoms with E-state index in [2.05, 4.69) is 37.4 Å². The number of fused-ring (bicyclic) bond motifs is 1. The molecule has 156 valence electrons. The molecule has 0 unspecified atom stereocenters. The molecule has 30 heavy (non-hydrogen) atoms. The van der Waals surface area contributed by atoms with E-state index in [9.17, 15) is 4.79 Å². The van der Waals surface area contributed by atoms with E-state index in [1.165, 1.54) is 6.33 Å². The number of nitrogens with one attached hydrogen (secondary N) is 2. The van der Waals surface area contributed by atoms with Crippen molar-refractivity contribution in [2.75, 3.05) is 41.8 Å². The average molecular weight is 408 g/mol. The third-order valence-corrected chi connectivity index (χ3v) is 5.65. The number of hydrogen-bond donors (Lipinski definition) is 2. The number of pyridine rings is 1. The molecule has 4 heterocycles. The Morgan fingerprint density at radius 1 is 1.17 bits per heavy atom. The van der Waals surface area contributed by atoms with Crippen molar-refractivity contribution >= 4 is 34.3 Å². The van der Waals surface area contributed by atoms with Gasteiger partial charge in [-0.2, -0.15) is 0 Å². The number of aryl methyl sites for hydroxylation is 1. The SMILES string of the molecule is Cc1oc2ncnc(NC3(C)CC3)c2c1C(=O)Nc1ccc(N2CCOCC2)nc1. The molecule has 2 fully saturated rings. The number of carbonyl (C=O) groups excluding carboxylic acids is 1. The van der Waals surface area contributed by atoms with E-state index < -0.39 is 0 Å². The Morgan fingerprint density at radius 3 is 2.67 bits per heavy atom. The Hall–Kier alpha value is -3.20. The number of carbonyl (C=O) groups is 1. The summed E-state index contributed by atoms with van der Waals surface area (Å²) < 4.78 is 11.1. The summed E-state index contributed by atoms with van der Waals surface area (Å²) in [6.45, 7) is 6.92. The first kappa shape index (κ1) is 18.8. The predicted octanol–water partition coefficient (Wildman–Crippen LogP) is 2.98. The number of aromatic nitrogens is 3. The van der Waals surface area contributed by atoms with Crippen LogP contribution in [0.3, 0.4) is 0 Å². The molecule has 1 aliphatic carbocycles. The molecule has 1 amide bonds. The first-order valence-electron chi connectivity index (χ1n) is 10.1. The lowest BCUT2D eigenvalue weighted by Crippen LogP contribution is -2.36. The lowest BCUT2D eigenvalue weighted by Gasteiger charge is -2.27. The smallest absolute Gasteiger partial charge is 0.260 e. The van der Waals surface area contributed by atoms with Crippen LogP contribution in [0.25, 0.3) is 11.1 Å². The second kappa shape index (κ2) is 7.24. The molecule has 0 spiro atoms. The lowest BCUT2D eigenvalue weighted by atomic mass is 10.1. The van der Waals surface area contributed by atoms with Crippen molar-refractivity contribution in [3.63, 3.8) is 0 Å². The highest BCUT2D eigenvalue weighted by Gasteiger charge is 2.38. The summed E-state index contributed by atoms with van der Waals surface area (Å²) in [6.07, 6.45) is 5.26. The zero-order valence-electron chi connectivity index (χ0n) is 17.1. The molecule has 1 saturated heterocycles. The normalized spacial score (nSPS) is 17.7. The number of morpholine rings is 1. The maximum absolute atomic E-state index is 13.1. The summed E-state index contributed by atoms with van der Waals surface area (Å²) in [4.78, 5) is 28.3. The van der Waals surface area contributed by atoms with Crippen molar-refractivity contribution in [2.24, 2.45) is 0 Å². The Kier molecular flexibility index (Phi) is 4.54. The molecule has 3 aromatic heterocycles. The number of anilines is 3. The molecule has 0 atom stereocenters. The molecule has 0 bridgehead atoms. The molecular formula is C21H24N6O3. The van der Waals surface area contributed by atoms with Crippen LogP contribution in [0.5, 0.6) is 0 Å². The summed E-state index contributed by atoms with van der Waals surface area (Å²) in [7, 11) is 0. The monoisotopic (exact) mass is 408 g/mol. The van der Waals surface area contributed by atoms with Crippen molar-refractivity contribution in [2.45, 2.75) is 32.2 Å². The first-order valence-corrected chi connectivity index (χ1v) is 10.1. The van der Waals surface area contributed by atoms with E-state index in [0.717, 1.165) is 31.7 Å². The van der Waals surface area contributed by atoms with Gasteiger partial charge < -0.3 is 24.7 Å². The molecule has 0 radical (unpaired) electrons. The molecule has 2 aliphatic rings. The predicted molar refractivity (Wildman–Crippen MR) is 113 cm³/mol. The highest BCUT2D eigenvalue weighted by molar-refractivity contribution is 6.15. The van der Waals surface area contributed by atoms with Crippen LogP contribution in [0.4, 0.5) is 17.3 Å². The number of amides is 1. The quantitative estimate of drug-likeness (QED) is 0.664. The molecule has 1 aliphatic heterocycles. The Labute approximate surface area is 173 Å². The van der Waals surface area contributed by atoms with Crippen LogP contribution in [-0.4, -0.2) is 52.7 Å². The van der Waals surface area contributed by atoms with E-state index >= 15 is 0 Å². The maximum Gasteiger partial charge on any atom is 0.260 e. The first-order chi connectivity index (χ1) is 14.5. The van der Waals surface area contributed by atoms with E-state index in [0.29, 0.717) is 47.1 Å². The largest absolute Gasteiger partial charge is 0.442 e. The Balaban J connectivity index is 1.40. The van der Waals surface area contributed by atoms with E-state index in [1.807, 2.05) is 12.1 Å². The zero-order chi connectivity index (χ0) is 20.7. The van der Waals surface area contributed by atoms with E-state index in [1.54, 1.807) is 13.1 Å². The molecule has 9 heteroatoms. The number of hydrogen-bond acceptors (Lipinski definition) is 8. The molecule has 3 aromatic rings. The summed E-state index contributed by atoms with van der Waals surface area (Å²) >= 11 is 0. The molecular weight excluding hydrogens is 384 g/mol. The van der Waals surface area contributed by atoms with Crippen molar-refractivity contribution < 1.29 is 13.9 Å². The van der Waals surface area contributed by atoms with Crippen molar-refractivity contribution in [1.82, 2.24) is 15.0 Å². The van der Waals surface area contributed by atoms with Gasteiger partial charge in [0.1, 0.15) is 23.7 Å². The van der Waals surface area contributed by atoms with Gasteiger partial charge in [-0.05, 0) is 38.8 Å². The van der Waals surface area contributed by atoms with Gasteiger partial charge in [-0.3, -0.25) is 4.79 Å². The average Bonchev–Trinajstić information content (AvgIpc) is 3.37. The number of nitrogens with zero attached hydrogens (tertiary/aromatic N) is 4. The second-order valence-electron chi connectivity index (χ2n) is 8.08. The van der Waals surface area contributed by atoms with Crippen molar-refractivity contribution in [3.8, 4) is 0 Å². The minimum Gasteiger partial charge on any atom is -0.442 e. The van der Waals surface area contributed by atoms with Gasteiger partial charge in [-0.25, -0.2) is 15.0 Å². The van der Waals surface area contributed by atoms with Crippen LogP contribution in [0.2, 0.25) is 0 Å². The van der Waals surface area contributed by atoms with Crippen LogP contribution < -0.4 is 15.5 Å². The third kappa shape index (κ3) is 3.56. The third-order valence-electron chi connectivity index (χ3n) is 5.65. The standard InChI is InChI=1S/C21H24N6O3/c1-13-16(17-18(26-21(2)5-6-21)23-12-24-20(17)30-13)19(28)25-14-3-4-15(22-11-14)27-7-9-29-10-8-27/h3-4,11-12H,5-10H2,1-2H3,(H,25,28)(H,23,24,26). The van der Waals surface area contributed by atoms with Gasteiger partial charge in [0.15, 0.2) is 0 Å². The topological polar surface area (TPSA) is 105 Å². The van der Waals surface area contributed by atoms with Gasteiger partial charge in [-0.1, -0.05) is 0 Å². The molecule has 2 N–H and O–H groups in total. The van der Waals surface area contributed by atoms with Gasteiger partial charge in [0.2, 0.25) is 5.71 Å². The fourth-order valence-corrected chi connectivity index (χ4v) is 3.64. The van der Waals surface area contributed by atoms with E-state index in [-0.39, 0.29) is 11.4 Å². The summed E-state index contributed by atoms with van der Waals surface area (Å²) in [5, 5.41) is 6.97. The molecule has 9 nitrogen and oxygen atoms in total. The van der Waals surface area contributed by atoms with Crippen LogP contribution >= 0.6 is 0 Å². The Morgan fingerprint density at radius 2 is 1.97 bits per heavy atom. The lowest BCUT2D eigenvalue weighted by molar-refractivity contribution is 0.102. The van der Waals surface area contributed by atoms with Crippen LogP contribution in [0.1, 0.15) is 35.9 Å². The second-order valence-corrected chi connectivity index (χ2v) is 8.08. The number of furan rings is 1. The maximum atomic E-state index is 13.1. The van der Waals surface area contributed by atoms with Gasteiger partial charge in [0.25, 0.3) is 5.91 Å². The molecule has 1 saturated carbocycles. The minimum absolute atomic E-state index is 0.0133. The summed E-state index contributed by atoms with van der Waals surface area (Å²) in [6, 6.07) is 3.76. The van der Waals surface area contributed by atoms with Gasteiger partial charge in [-0.15, -0.1) is 0 Å². The fourth-order valence-electron chi connectivity index (χ4n) is 3.64. The number of rotatable bonds is 5. The summed E-state index contributed by atoms with van der Waals surface area (Å²) in [5.41, 5.74) is 1.47. The minimum atomic E-state index is -0.272. The van der Waals surface area contributed by atoms with Crippen molar-refractivity contribution in [1.29, 1.82) is 0 Å². The Bertz CT molecular complexity index is 1080. The van der Waals surface area contributed by atoms with Crippen molar-refractivity contribution in [3.05, 3.63) is 36.0 Å². The fraction of sp³-hybridized carbons (Fsp3) is 0.429. The highest BCUT2D eigenvalue weighted by Crippen LogP contribution is 2.40. The number of ether oxygens (including phenoxy) is 1. The van der Waals surface area contributed by atoms with Crippen LogP contribution in [0, 0.1) is 6.92 Å². The van der Waals surface area contributed by atoms with Gasteiger partial charge >= 0.3 is 0 Å². The molecule has 0 aromatic carbocycles. The van der Waals surface area contributed by atoms with Crippen LogP contribution in [0.15, 0.2) is 29.1 Å². The van der Waals surface area contributed by atoms with Gasteiger partial charge in [0.05, 0.1) is 36.0 Å². The summed E-state index contributed by atoms with van der Waals surface area (Å²) in [5.74, 6) is 1.73.